The van der Waals surface area contributed by atoms with Gasteiger partial charge >= 0.3 is 0 Å². The van der Waals surface area contributed by atoms with E-state index in [1.807, 2.05) is 73.7 Å². The number of carbonyl (C=O) groups excluding carboxylic acids is 1. The van der Waals surface area contributed by atoms with E-state index < -0.39 is 10.8 Å². The van der Waals surface area contributed by atoms with Gasteiger partial charge in [0, 0.05) is 22.6 Å². The Labute approximate surface area is 190 Å². The van der Waals surface area contributed by atoms with Crippen LogP contribution < -0.4 is 5.32 Å². The number of Topliss-reactive ketones (excluding diaryl/α,β-unsaturated/α-hetero) is 1. The average molecular weight is 438 g/mol. The first-order valence-corrected chi connectivity index (χ1v) is 11.8. The van der Waals surface area contributed by atoms with Crippen LogP contribution in [0.2, 0.25) is 0 Å². The Balaban J connectivity index is 2.41. The molecular formula is C27H35NO2S. The van der Waals surface area contributed by atoms with E-state index in [2.05, 4.69) is 46.9 Å². The van der Waals surface area contributed by atoms with Crippen molar-refractivity contribution >= 4 is 22.3 Å². The van der Waals surface area contributed by atoms with Crippen molar-refractivity contribution in [3.05, 3.63) is 78.5 Å². The summed E-state index contributed by atoms with van der Waals surface area (Å²) in [4.78, 5) is 14.7. The maximum Gasteiger partial charge on any atom is 0.167 e. The van der Waals surface area contributed by atoms with Crippen LogP contribution in [0.15, 0.2) is 88.3 Å². The molecule has 1 N–H and O–H groups in total. The summed E-state index contributed by atoms with van der Waals surface area (Å²) in [6, 6.07) is 16.9. The second-order valence-electron chi connectivity index (χ2n) is 9.97. The molecule has 0 aromatic heterocycles. The maximum atomic E-state index is 13.2. The van der Waals surface area contributed by atoms with Crippen molar-refractivity contribution in [2.75, 3.05) is 5.32 Å². The molecule has 2 aromatic carbocycles. The summed E-state index contributed by atoms with van der Waals surface area (Å²) >= 11 is 0. The van der Waals surface area contributed by atoms with Gasteiger partial charge in [0.15, 0.2) is 5.78 Å². The quantitative estimate of drug-likeness (QED) is 0.374. The smallest absolute Gasteiger partial charge is 0.167 e. The van der Waals surface area contributed by atoms with Crippen LogP contribution in [0.1, 0.15) is 48.5 Å². The maximum absolute atomic E-state index is 13.2. The normalized spacial score (nSPS) is 15.0. The number of nitrogens with one attached hydrogen (secondary N) is 1. The average Bonchev–Trinajstić information content (AvgIpc) is 2.71. The van der Waals surface area contributed by atoms with Gasteiger partial charge in [0.25, 0.3) is 0 Å². The van der Waals surface area contributed by atoms with E-state index in [9.17, 15) is 9.00 Å². The summed E-state index contributed by atoms with van der Waals surface area (Å²) in [5, 5.41) is 3.26. The van der Waals surface area contributed by atoms with E-state index in [0.29, 0.717) is 10.5 Å². The van der Waals surface area contributed by atoms with Gasteiger partial charge < -0.3 is 5.32 Å². The van der Waals surface area contributed by atoms with Gasteiger partial charge in [-0.05, 0) is 35.1 Å². The van der Waals surface area contributed by atoms with Gasteiger partial charge in [0.2, 0.25) is 0 Å². The third-order valence-electron chi connectivity index (χ3n) is 5.17. The fourth-order valence-corrected chi connectivity index (χ4v) is 3.95. The Morgan fingerprint density at radius 1 is 0.935 bits per heavy atom. The summed E-state index contributed by atoms with van der Waals surface area (Å²) in [6.07, 6.45) is 5.68. The molecule has 166 valence electrons. The summed E-state index contributed by atoms with van der Waals surface area (Å²) in [5.74, 6) is -0.0546. The fourth-order valence-electron chi connectivity index (χ4n) is 2.76. The molecule has 0 aliphatic rings. The molecule has 2 rings (SSSR count). The topological polar surface area (TPSA) is 46.2 Å². The molecule has 0 amide bonds. The third kappa shape index (κ3) is 7.32. The van der Waals surface area contributed by atoms with E-state index in [1.54, 1.807) is 6.20 Å². The number of carbonyl (C=O) groups is 1. The zero-order chi connectivity index (χ0) is 23.2. The van der Waals surface area contributed by atoms with Crippen LogP contribution in [0.4, 0.5) is 5.69 Å². The Morgan fingerprint density at radius 2 is 1.52 bits per heavy atom. The standard InChI is InChI=1S/C27H35NO2S/c1-20(27(5,6)7)25(29)21(17-18-26(2,3)4)19-28-23-15-11-12-16-24(23)31(30)22-13-9-8-10-14-22/h8-20,28H,1-7H3/b18-17+,21-19?. The molecule has 0 aliphatic carbocycles. The van der Waals surface area contributed by atoms with Crippen molar-refractivity contribution in [3.8, 4) is 0 Å². The Kier molecular flexibility index (Phi) is 8.19. The molecule has 0 aliphatic heterocycles. The lowest BCUT2D eigenvalue weighted by Crippen LogP contribution is -2.27. The highest BCUT2D eigenvalue weighted by molar-refractivity contribution is 7.85. The summed E-state index contributed by atoms with van der Waals surface area (Å²) in [6.45, 7) is 14.5. The summed E-state index contributed by atoms with van der Waals surface area (Å²) in [7, 11) is -1.32. The summed E-state index contributed by atoms with van der Waals surface area (Å²) < 4.78 is 13.1. The second-order valence-corrected chi connectivity index (χ2v) is 11.4. The lowest BCUT2D eigenvalue weighted by Gasteiger charge is -2.26. The van der Waals surface area contributed by atoms with Crippen molar-refractivity contribution in [3.63, 3.8) is 0 Å². The number of para-hydroxylation sites is 1. The Hall–Kier alpha value is -2.46. The lowest BCUT2D eigenvalue weighted by atomic mass is 9.77. The molecule has 2 unspecified atom stereocenters. The van der Waals surface area contributed by atoms with Gasteiger partial charge in [-0.1, -0.05) is 91.0 Å². The zero-order valence-electron chi connectivity index (χ0n) is 19.7. The molecule has 0 radical (unpaired) electrons. The highest BCUT2D eigenvalue weighted by Crippen LogP contribution is 2.30. The fraction of sp³-hybridized carbons (Fsp3) is 0.370. The predicted molar refractivity (Wildman–Crippen MR) is 131 cm³/mol. The Morgan fingerprint density at radius 3 is 2.10 bits per heavy atom. The van der Waals surface area contributed by atoms with E-state index in [-0.39, 0.29) is 22.5 Å². The molecule has 31 heavy (non-hydrogen) atoms. The lowest BCUT2D eigenvalue weighted by molar-refractivity contribution is -0.121. The molecule has 2 atom stereocenters. The predicted octanol–water partition coefficient (Wildman–Crippen LogP) is 7.00. The number of hydrogen-bond donors (Lipinski definition) is 1. The minimum Gasteiger partial charge on any atom is -0.360 e. The SMILES string of the molecule is CC(C(=O)C(=CNc1ccccc1S(=O)c1ccccc1)/C=C/C(C)(C)C)C(C)(C)C. The van der Waals surface area contributed by atoms with Gasteiger partial charge in [-0.15, -0.1) is 0 Å². The van der Waals surface area contributed by atoms with Crippen LogP contribution in [0, 0.1) is 16.7 Å². The van der Waals surface area contributed by atoms with Crippen LogP contribution >= 0.6 is 0 Å². The molecule has 0 bridgehead atoms. The number of rotatable bonds is 7. The number of anilines is 1. The van der Waals surface area contributed by atoms with Crippen LogP contribution in [-0.4, -0.2) is 9.99 Å². The van der Waals surface area contributed by atoms with Crippen LogP contribution in [0.5, 0.6) is 0 Å². The minimum absolute atomic E-state index is 0.0446. The largest absolute Gasteiger partial charge is 0.360 e. The molecule has 0 saturated carbocycles. The van der Waals surface area contributed by atoms with Gasteiger partial charge in [0.05, 0.1) is 21.4 Å². The van der Waals surface area contributed by atoms with Crippen molar-refractivity contribution in [2.24, 2.45) is 16.7 Å². The molecule has 3 nitrogen and oxygen atoms in total. The number of hydrogen-bond acceptors (Lipinski definition) is 3. The van der Waals surface area contributed by atoms with Gasteiger partial charge in [0.1, 0.15) is 0 Å². The zero-order valence-corrected chi connectivity index (χ0v) is 20.5. The molecule has 4 heteroatoms. The van der Waals surface area contributed by atoms with E-state index in [1.165, 1.54) is 0 Å². The highest BCUT2D eigenvalue weighted by atomic mass is 32.2. The van der Waals surface area contributed by atoms with E-state index >= 15 is 0 Å². The van der Waals surface area contributed by atoms with Gasteiger partial charge in [-0.3, -0.25) is 4.79 Å². The van der Waals surface area contributed by atoms with E-state index in [4.69, 9.17) is 0 Å². The van der Waals surface area contributed by atoms with Gasteiger partial charge in [-0.25, -0.2) is 4.21 Å². The van der Waals surface area contributed by atoms with Crippen LogP contribution in [-0.2, 0) is 15.6 Å². The Bertz CT molecular complexity index is 976. The van der Waals surface area contributed by atoms with E-state index in [0.717, 1.165) is 10.6 Å². The monoisotopic (exact) mass is 437 g/mol. The van der Waals surface area contributed by atoms with Crippen LogP contribution in [0.3, 0.4) is 0 Å². The number of ketones is 1. The summed E-state index contributed by atoms with van der Waals surface area (Å²) in [5.41, 5.74) is 1.15. The molecule has 0 saturated heterocycles. The number of benzene rings is 2. The first kappa shape index (κ1) is 24.8. The third-order valence-corrected chi connectivity index (χ3v) is 6.62. The molecular weight excluding hydrogens is 402 g/mol. The molecule has 0 fully saturated rings. The molecule has 2 aromatic rings. The first-order valence-electron chi connectivity index (χ1n) is 10.7. The highest BCUT2D eigenvalue weighted by Gasteiger charge is 2.28. The van der Waals surface area contributed by atoms with Crippen molar-refractivity contribution in [1.29, 1.82) is 0 Å². The second kappa shape index (κ2) is 10.2. The molecule has 0 spiro atoms. The van der Waals surface area contributed by atoms with Gasteiger partial charge in [-0.2, -0.15) is 0 Å². The molecule has 0 heterocycles. The minimum atomic E-state index is -1.32. The number of allylic oxidation sites excluding steroid dienone is 3. The van der Waals surface area contributed by atoms with Crippen LogP contribution in [0.25, 0.3) is 0 Å². The van der Waals surface area contributed by atoms with Crippen molar-refractivity contribution < 1.29 is 9.00 Å². The first-order chi connectivity index (χ1) is 14.4. The van der Waals surface area contributed by atoms with Crippen molar-refractivity contribution in [1.82, 2.24) is 0 Å². The van der Waals surface area contributed by atoms with Crippen molar-refractivity contribution in [2.45, 2.75) is 58.3 Å².